The zero-order chi connectivity index (χ0) is 17.1. The van der Waals surface area contributed by atoms with E-state index in [0.717, 1.165) is 16.9 Å². The van der Waals surface area contributed by atoms with E-state index in [9.17, 15) is 0 Å². The van der Waals surface area contributed by atoms with Crippen molar-refractivity contribution in [2.75, 3.05) is 16.4 Å². The average Bonchev–Trinajstić information content (AvgIpc) is 2.55. The number of nitrogens with zero attached hydrogens (tertiary/aromatic N) is 2. The van der Waals surface area contributed by atoms with Gasteiger partial charge in [-0.2, -0.15) is 0 Å². The third-order valence-electron chi connectivity index (χ3n) is 3.64. The van der Waals surface area contributed by atoms with Gasteiger partial charge in [-0.05, 0) is 49.7 Å². The fourth-order valence-electron chi connectivity index (χ4n) is 2.26. The molecule has 0 aliphatic carbocycles. The second kappa shape index (κ2) is 6.76. The Morgan fingerprint density at radius 2 is 1.58 bits per heavy atom. The Hall–Kier alpha value is -2.79. The SMILES string of the molecule is Cc1ccc(Nc2ncnc(Nc3ccc(Cl)cc3C)c2N)cc1. The monoisotopic (exact) mass is 339 g/mol. The fraction of sp³-hybridized carbons (Fsp3) is 0.111. The van der Waals surface area contributed by atoms with Gasteiger partial charge in [-0.3, -0.25) is 0 Å². The molecule has 0 radical (unpaired) electrons. The first-order chi connectivity index (χ1) is 11.5. The minimum atomic E-state index is 0.451. The van der Waals surface area contributed by atoms with E-state index in [1.165, 1.54) is 11.9 Å². The molecule has 24 heavy (non-hydrogen) atoms. The summed E-state index contributed by atoms with van der Waals surface area (Å²) in [6.45, 7) is 4.01. The molecule has 0 aliphatic rings. The van der Waals surface area contributed by atoms with Crippen LogP contribution in [0.3, 0.4) is 0 Å². The Bertz CT molecular complexity index is 862. The van der Waals surface area contributed by atoms with E-state index in [4.69, 9.17) is 17.3 Å². The maximum Gasteiger partial charge on any atom is 0.159 e. The van der Waals surface area contributed by atoms with Gasteiger partial charge < -0.3 is 16.4 Å². The van der Waals surface area contributed by atoms with Gasteiger partial charge in [0.1, 0.15) is 12.0 Å². The van der Waals surface area contributed by atoms with Crippen molar-refractivity contribution in [3.63, 3.8) is 0 Å². The number of anilines is 5. The predicted octanol–water partition coefficient (Wildman–Crippen LogP) is 4.82. The molecule has 5 nitrogen and oxygen atoms in total. The van der Waals surface area contributed by atoms with Gasteiger partial charge in [0.2, 0.25) is 0 Å². The molecule has 0 fully saturated rings. The lowest BCUT2D eigenvalue weighted by molar-refractivity contribution is 1.17. The van der Waals surface area contributed by atoms with Gasteiger partial charge in [0.15, 0.2) is 11.6 Å². The van der Waals surface area contributed by atoms with Gasteiger partial charge >= 0.3 is 0 Å². The average molecular weight is 340 g/mol. The van der Waals surface area contributed by atoms with Crippen LogP contribution in [0.25, 0.3) is 0 Å². The van der Waals surface area contributed by atoms with Gasteiger partial charge in [-0.25, -0.2) is 9.97 Å². The Kier molecular flexibility index (Phi) is 4.53. The van der Waals surface area contributed by atoms with Crippen molar-refractivity contribution >= 4 is 40.3 Å². The highest BCUT2D eigenvalue weighted by Crippen LogP contribution is 2.30. The molecule has 0 amide bonds. The highest BCUT2D eigenvalue weighted by atomic mass is 35.5. The molecule has 3 rings (SSSR count). The third-order valence-corrected chi connectivity index (χ3v) is 3.87. The first-order valence-corrected chi connectivity index (χ1v) is 7.88. The molecule has 122 valence electrons. The van der Waals surface area contributed by atoms with Crippen molar-refractivity contribution in [2.45, 2.75) is 13.8 Å². The van der Waals surface area contributed by atoms with Crippen molar-refractivity contribution in [1.29, 1.82) is 0 Å². The minimum absolute atomic E-state index is 0.451. The van der Waals surface area contributed by atoms with Crippen molar-refractivity contribution in [3.05, 3.63) is 64.9 Å². The molecule has 0 saturated carbocycles. The van der Waals surface area contributed by atoms with E-state index in [-0.39, 0.29) is 0 Å². The van der Waals surface area contributed by atoms with E-state index in [2.05, 4.69) is 20.6 Å². The number of rotatable bonds is 4. The zero-order valence-electron chi connectivity index (χ0n) is 13.5. The Morgan fingerprint density at radius 1 is 0.917 bits per heavy atom. The van der Waals surface area contributed by atoms with Crippen molar-refractivity contribution < 1.29 is 0 Å². The molecule has 1 heterocycles. The third kappa shape index (κ3) is 3.58. The number of aromatic nitrogens is 2. The number of hydrogen-bond acceptors (Lipinski definition) is 5. The van der Waals surface area contributed by atoms with Gasteiger partial charge in [0.25, 0.3) is 0 Å². The molecule has 0 aliphatic heterocycles. The van der Waals surface area contributed by atoms with Crippen LogP contribution in [0, 0.1) is 13.8 Å². The minimum Gasteiger partial charge on any atom is -0.393 e. The zero-order valence-corrected chi connectivity index (χ0v) is 14.2. The molecule has 2 aromatic carbocycles. The Balaban J connectivity index is 1.86. The molecular weight excluding hydrogens is 322 g/mol. The van der Waals surface area contributed by atoms with E-state index < -0.39 is 0 Å². The molecule has 6 heteroatoms. The molecule has 3 aromatic rings. The summed E-state index contributed by atoms with van der Waals surface area (Å²) in [5, 5.41) is 7.13. The summed E-state index contributed by atoms with van der Waals surface area (Å²) >= 11 is 5.99. The normalized spacial score (nSPS) is 10.5. The highest BCUT2D eigenvalue weighted by molar-refractivity contribution is 6.30. The Morgan fingerprint density at radius 3 is 2.25 bits per heavy atom. The van der Waals surface area contributed by atoms with Gasteiger partial charge in [-0.15, -0.1) is 0 Å². The molecule has 0 spiro atoms. The number of aryl methyl sites for hydroxylation is 2. The second-order valence-corrected chi connectivity index (χ2v) is 6.00. The Labute approximate surface area is 145 Å². The lowest BCUT2D eigenvalue weighted by Crippen LogP contribution is -2.05. The summed E-state index contributed by atoms with van der Waals surface area (Å²) in [7, 11) is 0. The predicted molar refractivity (Wildman–Crippen MR) is 100 cm³/mol. The van der Waals surface area contributed by atoms with Crippen molar-refractivity contribution in [1.82, 2.24) is 9.97 Å². The van der Waals surface area contributed by atoms with Crippen LogP contribution in [0.15, 0.2) is 48.8 Å². The summed E-state index contributed by atoms with van der Waals surface area (Å²) in [6, 6.07) is 13.6. The van der Waals surface area contributed by atoms with Gasteiger partial charge in [-0.1, -0.05) is 29.3 Å². The number of nitrogens with one attached hydrogen (secondary N) is 2. The maximum atomic E-state index is 6.21. The summed E-state index contributed by atoms with van der Waals surface area (Å²) < 4.78 is 0. The molecule has 0 unspecified atom stereocenters. The van der Waals surface area contributed by atoms with E-state index >= 15 is 0 Å². The van der Waals surface area contributed by atoms with E-state index in [1.807, 2.05) is 56.3 Å². The van der Waals surface area contributed by atoms with Crippen LogP contribution in [-0.4, -0.2) is 9.97 Å². The largest absolute Gasteiger partial charge is 0.393 e. The number of nitrogen functional groups attached to an aromatic ring is 1. The van der Waals surface area contributed by atoms with Crippen LogP contribution in [0.5, 0.6) is 0 Å². The number of benzene rings is 2. The van der Waals surface area contributed by atoms with Gasteiger partial charge in [0.05, 0.1) is 0 Å². The molecule has 1 aromatic heterocycles. The first kappa shape index (κ1) is 16.1. The second-order valence-electron chi connectivity index (χ2n) is 5.56. The molecule has 0 atom stereocenters. The van der Waals surface area contributed by atoms with Crippen LogP contribution < -0.4 is 16.4 Å². The number of nitrogens with two attached hydrogens (primary N) is 1. The van der Waals surface area contributed by atoms with Crippen molar-refractivity contribution in [2.24, 2.45) is 0 Å². The first-order valence-electron chi connectivity index (χ1n) is 7.50. The summed E-state index contributed by atoms with van der Waals surface area (Å²) in [4.78, 5) is 8.46. The van der Waals surface area contributed by atoms with Crippen LogP contribution in [0.2, 0.25) is 5.02 Å². The van der Waals surface area contributed by atoms with Gasteiger partial charge in [0, 0.05) is 16.4 Å². The molecular formula is C18H18ClN5. The molecule has 0 saturated heterocycles. The van der Waals surface area contributed by atoms with E-state index in [1.54, 1.807) is 0 Å². The highest BCUT2D eigenvalue weighted by Gasteiger charge is 2.10. The van der Waals surface area contributed by atoms with Crippen LogP contribution >= 0.6 is 11.6 Å². The van der Waals surface area contributed by atoms with Crippen LogP contribution in [0.4, 0.5) is 28.7 Å². The molecule has 0 bridgehead atoms. The molecule has 4 N–H and O–H groups in total. The topological polar surface area (TPSA) is 75.9 Å². The summed E-state index contributed by atoms with van der Waals surface area (Å²) in [5.41, 5.74) is 10.7. The lowest BCUT2D eigenvalue weighted by Gasteiger charge is -2.14. The lowest BCUT2D eigenvalue weighted by atomic mass is 10.2. The number of halogens is 1. The maximum absolute atomic E-state index is 6.21. The number of hydrogen-bond donors (Lipinski definition) is 3. The van der Waals surface area contributed by atoms with E-state index in [0.29, 0.717) is 22.3 Å². The summed E-state index contributed by atoms with van der Waals surface area (Å²) in [6.07, 6.45) is 1.47. The standard InChI is InChI=1S/C18H18ClN5/c1-11-3-6-14(7-4-11)23-17-16(20)18(22-10-21-17)24-15-8-5-13(19)9-12(15)2/h3-10H,20H2,1-2H3,(H2,21,22,23,24). The van der Waals surface area contributed by atoms with Crippen LogP contribution in [0.1, 0.15) is 11.1 Å². The quantitative estimate of drug-likeness (QED) is 0.635. The summed E-state index contributed by atoms with van der Waals surface area (Å²) in [5.74, 6) is 1.10. The van der Waals surface area contributed by atoms with Crippen LogP contribution in [-0.2, 0) is 0 Å². The fourth-order valence-corrected chi connectivity index (χ4v) is 2.49. The van der Waals surface area contributed by atoms with Crippen molar-refractivity contribution in [3.8, 4) is 0 Å². The smallest absolute Gasteiger partial charge is 0.159 e.